The van der Waals surface area contributed by atoms with E-state index in [1.165, 1.54) is 0 Å². The lowest BCUT2D eigenvalue weighted by molar-refractivity contribution is -0.138. The van der Waals surface area contributed by atoms with Gasteiger partial charge in [0.2, 0.25) is 17.7 Å². The first-order chi connectivity index (χ1) is 32.7. The number of aliphatic hydroxyl groups is 1. The fourth-order valence-electron chi connectivity index (χ4n) is 10.5. The molecule has 2 saturated heterocycles. The Labute approximate surface area is 390 Å². The highest BCUT2D eigenvalue weighted by Crippen LogP contribution is 2.51. The molecule has 7 aliphatic rings. The van der Waals surface area contributed by atoms with Gasteiger partial charge < -0.3 is 39.7 Å². The monoisotopic (exact) mass is 902 g/mol. The largest absolute Gasteiger partial charge is 0.488 e. The zero-order valence-corrected chi connectivity index (χ0v) is 37.9. The van der Waals surface area contributed by atoms with E-state index in [0.717, 1.165) is 113 Å². The fourth-order valence-corrected chi connectivity index (χ4v) is 10.5. The number of benzene rings is 2. The second kappa shape index (κ2) is 17.9. The number of carbonyl (C=O) groups excluding carboxylic acids is 3. The van der Waals surface area contributed by atoms with E-state index in [2.05, 4.69) is 57.5 Å². The second-order valence-electron chi connectivity index (χ2n) is 19.2. The standard InChI is InChI=1S/C53H58N8O6/c1-3-4-6-11-30(2)46(58-50(62)32-16-17-32)52(64)60-20-9-14-40(60)48-54-26-38(56-48)34-22-36-28-67-43-25-35(23-37-29-66-42(24-34)44(36)45(37)43)39-27-55-49(57-39)41-15-10-21-61(41)53(65)47(31-12-7-5-8-13-31)59-51(63)33-18-19-33/h3-8,11-12,22-27,31-33,40-41,46-47,50,58,62H,2,9-10,13-21,28-29H2,1H3,(H,54,56)(H,55,57)(H,59,63)/b4-3-,11-6-/t31-,40?,41-,46+,47+,50?/m0/s1. The first-order valence-corrected chi connectivity index (χ1v) is 24.1. The number of hydrogen-bond donors (Lipinski definition) is 5. The summed E-state index contributed by atoms with van der Waals surface area (Å²) in [7, 11) is 0. The van der Waals surface area contributed by atoms with Crippen molar-refractivity contribution in [1.82, 2.24) is 40.4 Å². The van der Waals surface area contributed by atoms with E-state index in [0.29, 0.717) is 44.1 Å². The predicted molar refractivity (Wildman–Crippen MR) is 253 cm³/mol. The van der Waals surface area contributed by atoms with Crippen molar-refractivity contribution >= 4 is 17.7 Å². The summed E-state index contributed by atoms with van der Waals surface area (Å²) in [5.41, 5.74) is 8.16. The Morgan fingerprint density at radius 3 is 1.99 bits per heavy atom. The molecule has 14 nitrogen and oxygen atoms in total. The lowest BCUT2D eigenvalue weighted by atomic mass is 9.87. The van der Waals surface area contributed by atoms with E-state index in [1.807, 2.05) is 71.6 Å². The van der Waals surface area contributed by atoms with Crippen molar-refractivity contribution < 1.29 is 29.0 Å². The minimum atomic E-state index is -0.772. The molecule has 346 valence electrons. The third-order valence-corrected chi connectivity index (χ3v) is 14.5. The summed E-state index contributed by atoms with van der Waals surface area (Å²) < 4.78 is 13.0. The van der Waals surface area contributed by atoms with Gasteiger partial charge in [-0.3, -0.25) is 19.7 Å². The van der Waals surface area contributed by atoms with Crippen LogP contribution in [0.1, 0.15) is 99.6 Å². The summed E-state index contributed by atoms with van der Waals surface area (Å²) in [5, 5.41) is 17.2. The van der Waals surface area contributed by atoms with Crippen LogP contribution in [0, 0.1) is 17.8 Å². The van der Waals surface area contributed by atoms with Crippen LogP contribution in [-0.4, -0.2) is 84.0 Å². The molecule has 0 spiro atoms. The van der Waals surface area contributed by atoms with E-state index in [1.54, 1.807) is 0 Å². The number of aromatic amines is 2. The SMILES string of the molecule is C=C(/C=C\C=C/C)[C@@H](NC(O)C1CC1)C(=O)N1CCCC1c1ncc(-c2cc3c4c(c2)OCc2cc(-c5cnc([C@@H]6CCCN6C(=O)[C@H](NC(=O)C6CC6)[C@H]6C=CC=CC6)[nH]5)cc(c2-4)OC3)[nH]1. The molecular weight excluding hydrogens is 845 g/mol. The van der Waals surface area contributed by atoms with Crippen molar-refractivity contribution in [1.29, 1.82) is 0 Å². The molecule has 3 amide bonds. The van der Waals surface area contributed by atoms with Crippen LogP contribution < -0.4 is 20.1 Å². The van der Waals surface area contributed by atoms with Crippen molar-refractivity contribution in [3.8, 4) is 45.1 Å². The normalized spacial score (nSPS) is 23.0. The molecule has 67 heavy (non-hydrogen) atoms. The Balaban J connectivity index is 0.808. The molecule has 0 radical (unpaired) electrons. The number of carbonyl (C=O) groups is 3. The first kappa shape index (κ1) is 43.1. The minimum Gasteiger partial charge on any atom is -0.488 e. The Morgan fingerprint density at radius 2 is 1.43 bits per heavy atom. The molecule has 4 aliphatic heterocycles. The topological polar surface area (TPSA) is 178 Å². The third-order valence-electron chi connectivity index (χ3n) is 14.5. The highest BCUT2D eigenvalue weighted by atomic mass is 16.5. The number of aliphatic hydroxyl groups excluding tert-OH is 1. The quantitative estimate of drug-likeness (QED) is 0.0593. The van der Waals surface area contributed by atoms with Crippen LogP contribution in [0.5, 0.6) is 11.5 Å². The summed E-state index contributed by atoms with van der Waals surface area (Å²) >= 11 is 0. The number of rotatable bonds is 15. The van der Waals surface area contributed by atoms with E-state index < -0.39 is 18.3 Å². The predicted octanol–water partition coefficient (Wildman–Crippen LogP) is 7.65. The molecule has 2 unspecified atom stereocenters. The van der Waals surface area contributed by atoms with Gasteiger partial charge in [-0.1, -0.05) is 55.2 Å². The average Bonchev–Trinajstić information content (AvgIpc) is 4.10. The van der Waals surface area contributed by atoms with Gasteiger partial charge in [0.1, 0.15) is 54.7 Å². The average molecular weight is 903 g/mol. The maximum absolute atomic E-state index is 14.3. The van der Waals surface area contributed by atoms with E-state index in [-0.39, 0.29) is 47.6 Å². The molecule has 2 saturated carbocycles. The van der Waals surface area contributed by atoms with Gasteiger partial charge in [0.05, 0.1) is 35.9 Å². The zero-order valence-electron chi connectivity index (χ0n) is 37.9. The number of allylic oxidation sites excluding steroid dienone is 6. The Kier molecular flexibility index (Phi) is 11.5. The van der Waals surface area contributed by atoms with Crippen molar-refractivity contribution in [2.75, 3.05) is 13.1 Å². The van der Waals surface area contributed by atoms with Crippen LogP contribution >= 0.6 is 0 Å². The number of ether oxygens (including phenoxy) is 2. The molecule has 3 aliphatic carbocycles. The van der Waals surface area contributed by atoms with Gasteiger partial charge in [-0.25, -0.2) is 9.97 Å². The smallest absolute Gasteiger partial charge is 0.246 e. The van der Waals surface area contributed by atoms with Crippen molar-refractivity contribution in [3.05, 3.63) is 120 Å². The number of likely N-dealkylation sites (tertiary alicyclic amines) is 2. The lowest BCUT2D eigenvalue weighted by Gasteiger charge is -2.32. The lowest BCUT2D eigenvalue weighted by Crippen LogP contribution is -2.52. The summed E-state index contributed by atoms with van der Waals surface area (Å²) in [6.45, 7) is 8.05. The van der Waals surface area contributed by atoms with Gasteiger partial charge in [-0.2, -0.15) is 0 Å². The minimum absolute atomic E-state index is 0.0122. The van der Waals surface area contributed by atoms with Crippen LogP contribution in [0.3, 0.4) is 0 Å². The van der Waals surface area contributed by atoms with Crippen LogP contribution in [0.4, 0.5) is 0 Å². The van der Waals surface area contributed by atoms with Gasteiger partial charge in [0, 0.05) is 58.3 Å². The van der Waals surface area contributed by atoms with Crippen molar-refractivity contribution in [3.63, 3.8) is 0 Å². The number of H-pyrrole nitrogens is 2. The molecule has 0 bridgehead atoms. The number of nitrogens with zero attached hydrogens (tertiary/aromatic N) is 4. The van der Waals surface area contributed by atoms with E-state index in [9.17, 15) is 19.5 Å². The first-order valence-electron chi connectivity index (χ1n) is 24.1. The second-order valence-corrected chi connectivity index (χ2v) is 19.2. The summed E-state index contributed by atoms with van der Waals surface area (Å²) in [5.74, 6) is 2.87. The summed E-state index contributed by atoms with van der Waals surface area (Å²) in [6, 6.07) is 6.52. The Morgan fingerprint density at radius 1 is 0.821 bits per heavy atom. The maximum Gasteiger partial charge on any atom is 0.246 e. The van der Waals surface area contributed by atoms with Crippen molar-refractivity contribution in [2.45, 2.75) is 108 Å². The van der Waals surface area contributed by atoms with Gasteiger partial charge in [-0.15, -0.1) is 0 Å². The Hall–Kier alpha value is -6.51. The third kappa shape index (κ3) is 8.46. The number of hydrogen-bond acceptors (Lipinski definition) is 9. The molecule has 14 heteroatoms. The molecule has 2 aromatic heterocycles. The highest BCUT2D eigenvalue weighted by Gasteiger charge is 2.42. The number of aromatic nitrogens is 4. The molecule has 2 aromatic carbocycles. The van der Waals surface area contributed by atoms with Gasteiger partial charge in [0.15, 0.2) is 0 Å². The van der Waals surface area contributed by atoms with Crippen LogP contribution in [0.2, 0.25) is 0 Å². The number of nitrogens with one attached hydrogen (secondary N) is 4. The van der Waals surface area contributed by atoms with E-state index >= 15 is 0 Å². The van der Waals surface area contributed by atoms with E-state index in [4.69, 9.17) is 19.4 Å². The number of imidazole rings is 2. The van der Waals surface area contributed by atoms with Crippen LogP contribution in [0.25, 0.3) is 33.6 Å². The number of amides is 3. The van der Waals surface area contributed by atoms with Crippen LogP contribution in [0.15, 0.2) is 97.4 Å². The Bertz CT molecular complexity index is 2690. The van der Waals surface area contributed by atoms with Gasteiger partial charge in [0.25, 0.3) is 0 Å². The van der Waals surface area contributed by atoms with Gasteiger partial charge in [-0.05, 0) is 100 Å². The van der Waals surface area contributed by atoms with Gasteiger partial charge >= 0.3 is 0 Å². The summed E-state index contributed by atoms with van der Waals surface area (Å²) in [4.78, 5) is 62.0. The fraction of sp³-hybridized carbons (Fsp3) is 0.415. The molecule has 11 rings (SSSR count). The maximum atomic E-state index is 14.3. The molecule has 4 fully saturated rings. The highest BCUT2D eigenvalue weighted by molar-refractivity contribution is 5.91. The molecule has 5 N–H and O–H groups in total. The summed E-state index contributed by atoms with van der Waals surface area (Å²) in [6.07, 6.45) is 26.0. The zero-order chi connectivity index (χ0) is 45.8. The molecule has 6 heterocycles. The molecule has 6 atom stereocenters. The molecular formula is C53H58N8O6. The van der Waals surface area contributed by atoms with Crippen molar-refractivity contribution in [2.24, 2.45) is 17.8 Å². The van der Waals surface area contributed by atoms with Crippen LogP contribution in [-0.2, 0) is 27.6 Å². The molecule has 4 aromatic rings.